The Balaban J connectivity index is 2.51. The van der Waals surface area contributed by atoms with E-state index >= 15 is 0 Å². The summed E-state index contributed by atoms with van der Waals surface area (Å²) >= 11 is 0. The van der Waals surface area contributed by atoms with Crippen molar-refractivity contribution >= 4 is 0 Å². The molecule has 0 aromatic heterocycles. The summed E-state index contributed by atoms with van der Waals surface area (Å²) < 4.78 is 0. The van der Waals surface area contributed by atoms with Crippen molar-refractivity contribution in [2.45, 2.75) is 39.5 Å². The van der Waals surface area contributed by atoms with E-state index in [1.165, 1.54) is 12.8 Å². The van der Waals surface area contributed by atoms with Crippen LogP contribution in [0.15, 0.2) is 22.5 Å². The van der Waals surface area contributed by atoms with Gasteiger partial charge in [-0.2, -0.15) is 10.5 Å². The zero-order valence-electron chi connectivity index (χ0n) is 11.7. The summed E-state index contributed by atoms with van der Waals surface area (Å²) in [6.45, 7) is 6.41. The third-order valence-corrected chi connectivity index (χ3v) is 3.95. The molecule has 1 fully saturated rings. The maximum Gasteiger partial charge on any atom is 0.134 e. The molecule has 2 rings (SSSR count). The molecule has 4 heteroatoms. The van der Waals surface area contributed by atoms with E-state index in [0.717, 1.165) is 30.8 Å². The van der Waals surface area contributed by atoms with Crippen LogP contribution in [0.1, 0.15) is 39.5 Å². The molecule has 1 heterocycles. The van der Waals surface area contributed by atoms with Gasteiger partial charge in [0.2, 0.25) is 0 Å². The molecule has 1 saturated heterocycles. The van der Waals surface area contributed by atoms with Gasteiger partial charge in [0.15, 0.2) is 0 Å². The molecule has 2 N–H and O–H groups in total. The Labute approximate surface area is 114 Å². The Morgan fingerprint density at radius 2 is 1.74 bits per heavy atom. The molecule has 2 aliphatic rings. The molecule has 0 saturated carbocycles. The van der Waals surface area contributed by atoms with Crippen LogP contribution in [-0.4, -0.2) is 18.0 Å². The first-order valence-electron chi connectivity index (χ1n) is 6.76. The molecular weight excluding hydrogens is 236 g/mol. The number of allylic oxidation sites excluding steroid dienone is 3. The molecule has 19 heavy (non-hydrogen) atoms. The number of hydrogen-bond acceptors (Lipinski definition) is 4. The average molecular weight is 256 g/mol. The van der Waals surface area contributed by atoms with Gasteiger partial charge >= 0.3 is 0 Å². The van der Waals surface area contributed by atoms with E-state index in [4.69, 9.17) is 16.3 Å². The molecule has 0 spiro atoms. The van der Waals surface area contributed by atoms with Crippen molar-refractivity contribution in [1.82, 2.24) is 4.90 Å². The Bertz CT molecular complexity index is 503. The largest absolute Gasteiger partial charge is 0.397 e. The van der Waals surface area contributed by atoms with E-state index in [9.17, 15) is 0 Å². The van der Waals surface area contributed by atoms with Gasteiger partial charge in [-0.15, -0.1) is 0 Å². The second-order valence-corrected chi connectivity index (χ2v) is 6.15. The van der Waals surface area contributed by atoms with Gasteiger partial charge in [-0.3, -0.25) is 0 Å². The summed E-state index contributed by atoms with van der Waals surface area (Å²) in [5.74, 6) is 0. The zero-order valence-corrected chi connectivity index (χ0v) is 11.7. The third kappa shape index (κ3) is 2.58. The van der Waals surface area contributed by atoms with E-state index in [1.54, 1.807) is 0 Å². The summed E-state index contributed by atoms with van der Waals surface area (Å²) in [6, 6.07) is 3.97. The first kappa shape index (κ1) is 13.5. The van der Waals surface area contributed by atoms with Crippen molar-refractivity contribution < 1.29 is 0 Å². The Hall–Kier alpha value is -1.94. The molecule has 0 radical (unpaired) electrons. The second-order valence-electron chi connectivity index (χ2n) is 6.15. The van der Waals surface area contributed by atoms with Gasteiger partial charge in [0.25, 0.3) is 0 Å². The van der Waals surface area contributed by atoms with Gasteiger partial charge in [-0.25, -0.2) is 0 Å². The number of likely N-dealkylation sites (tertiary alicyclic amines) is 1. The van der Waals surface area contributed by atoms with Crippen molar-refractivity contribution in [3.63, 3.8) is 0 Å². The lowest BCUT2D eigenvalue weighted by atomic mass is 9.74. The maximum absolute atomic E-state index is 9.10. The predicted octanol–water partition coefficient (Wildman–Crippen LogP) is 2.42. The fraction of sp³-hybridized carbons (Fsp3) is 0.600. The van der Waals surface area contributed by atoms with Crippen molar-refractivity contribution in [2.75, 3.05) is 13.1 Å². The van der Waals surface area contributed by atoms with Crippen LogP contribution in [0.25, 0.3) is 0 Å². The van der Waals surface area contributed by atoms with Gasteiger partial charge in [0.1, 0.15) is 17.7 Å². The highest BCUT2D eigenvalue weighted by Gasteiger charge is 2.34. The average Bonchev–Trinajstić information content (AvgIpc) is 2.88. The monoisotopic (exact) mass is 256 g/mol. The molecule has 100 valence electrons. The quantitative estimate of drug-likeness (QED) is 0.731. The van der Waals surface area contributed by atoms with Crippen LogP contribution in [0.5, 0.6) is 0 Å². The van der Waals surface area contributed by atoms with Crippen LogP contribution in [0, 0.1) is 28.1 Å². The molecular formula is C15H20N4. The third-order valence-electron chi connectivity index (χ3n) is 3.95. The van der Waals surface area contributed by atoms with E-state index in [0.29, 0.717) is 12.1 Å². The number of rotatable bonds is 1. The lowest BCUT2D eigenvalue weighted by molar-refractivity contribution is 0.284. The van der Waals surface area contributed by atoms with E-state index in [2.05, 4.69) is 18.7 Å². The lowest BCUT2D eigenvalue weighted by Crippen LogP contribution is -2.32. The van der Waals surface area contributed by atoms with Gasteiger partial charge in [0.05, 0.1) is 5.70 Å². The van der Waals surface area contributed by atoms with Gasteiger partial charge < -0.3 is 10.6 Å². The summed E-state index contributed by atoms with van der Waals surface area (Å²) in [5.41, 5.74) is 9.01. The predicted molar refractivity (Wildman–Crippen MR) is 73.3 cm³/mol. The standard InChI is InChI=1S/C15H20N4/c1-15(2)7-12(11(9-16)10-17)14(18)13(8-15)19-5-3-4-6-19/h3-8,18H2,1-2H3. The molecule has 1 aliphatic heterocycles. The summed E-state index contributed by atoms with van der Waals surface area (Å²) in [4.78, 5) is 2.32. The van der Waals surface area contributed by atoms with Crippen LogP contribution in [0.3, 0.4) is 0 Å². The van der Waals surface area contributed by atoms with Gasteiger partial charge in [0, 0.05) is 24.4 Å². The van der Waals surface area contributed by atoms with Gasteiger partial charge in [-0.05, 0) is 31.1 Å². The number of nitrogens with zero attached hydrogens (tertiary/aromatic N) is 3. The highest BCUT2D eigenvalue weighted by Crippen LogP contribution is 2.42. The summed E-state index contributed by atoms with van der Waals surface area (Å²) in [5, 5.41) is 18.2. The number of hydrogen-bond donors (Lipinski definition) is 1. The van der Waals surface area contributed by atoms with Crippen LogP contribution in [0.4, 0.5) is 0 Å². The smallest absolute Gasteiger partial charge is 0.134 e. The fourth-order valence-corrected chi connectivity index (χ4v) is 3.01. The van der Waals surface area contributed by atoms with Crippen molar-refractivity contribution in [2.24, 2.45) is 11.1 Å². The van der Waals surface area contributed by atoms with Crippen LogP contribution < -0.4 is 5.73 Å². The normalized spacial score (nSPS) is 22.1. The zero-order chi connectivity index (χ0) is 14.0. The molecule has 0 aromatic carbocycles. The van der Waals surface area contributed by atoms with Gasteiger partial charge in [-0.1, -0.05) is 13.8 Å². The van der Waals surface area contributed by atoms with E-state index in [1.807, 2.05) is 12.1 Å². The lowest BCUT2D eigenvalue weighted by Gasteiger charge is -2.37. The highest BCUT2D eigenvalue weighted by atomic mass is 15.2. The molecule has 4 nitrogen and oxygen atoms in total. The number of nitrogens with two attached hydrogens (primary N) is 1. The second kappa shape index (κ2) is 4.97. The fourth-order valence-electron chi connectivity index (χ4n) is 3.01. The molecule has 1 aliphatic carbocycles. The summed E-state index contributed by atoms with van der Waals surface area (Å²) in [7, 11) is 0. The van der Waals surface area contributed by atoms with Crippen molar-refractivity contribution in [3.05, 3.63) is 22.5 Å². The SMILES string of the molecule is CC1(C)CC(=C(C#N)C#N)C(N)=C(N2CCCC2)C1. The Morgan fingerprint density at radius 1 is 1.16 bits per heavy atom. The number of nitriles is 2. The molecule has 0 amide bonds. The molecule has 0 bridgehead atoms. The minimum absolute atomic E-state index is 0.0507. The van der Waals surface area contributed by atoms with E-state index < -0.39 is 0 Å². The maximum atomic E-state index is 9.10. The van der Waals surface area contributed by atoms with Crippen molar-refractivity contribution in [1.29, 1.82) is 10.5 Å². The topological polar surface area (TPSA) is 76.8 Å². The molecule has 0 atom stereocenters. The van der Waals surface area contributed by atoms with Crippen molar-refractivity contribution in [3.8, 4) is 12.1 Å². The molecule has 0 unspecified atom stereocenters. The summed E-state index contributed by atoms with van der Waals surface area (Å²) in [6.07, 6.45) is 4.01. The van der Waals surface area contributed by atoms with Crippen LogP contribution >= 0.6 is 0 Å². The van der Waals surface area contributed by atoms with Crippen LogP contribution in [0.2, 0.25) is 0 Å². The minimum Gasteiger partial charge on any atom is -0.397 e. The minimum atomic E-state index is 0.0507. The van der Waals surface area contributed by atoms with E-state index in [-0.39, 0.29) is 11.0 Å². The highest BCUT2D eigenvalue weighted by molar-refractivity contribution is 5.51. The Kier molecular flexibility index (Phi) is 3.53. The van der Waals surface area contributed by atoms with Crippen LogP contribution in [-0.2, 0) is 0 Å². The molecule has 0 aromatic rings. The first-order valence-corrected chi connectivity index (χ1v) is 6.76. The Morgan fingerprint density at radius 3 is 2.26 bits per heavy atom. The first-order chi connectivity index (χ1) is 8.98.